The van der Waals surface area contributed by atoms with Crippen LogP contribution in [0.25, 0.3) is 22.2 Å². The quantitative estimate of drug-likeness (QED) is 0.179. The minimum Gasteiger partial charge on any atom is -0.457 e. The van der Waals surface area contributed by atoms with Gasteiger partial charge in [-0.3, -0.25) is 19.6 Å². The van der Waals surface area contributed by atoms with Crippen LogP contribution >= 0.6 is 11.6 Å². The number of non-ortho nitro benzene ring substituents is 1. The van der Waals surface area contributed by atoms with Crippen molar-refractivity contribution in [1.82, 2.24) is 14.8 Å². The van der Waals surface area contributed by atoms with Gasteiger partial charge >= 0.3 is 0 Å². The molecule has 0 aliphatic carbocycles. The highest BCUT2D eigenvalue weighted by Crippen LogP contribution is 2.32. The summed E-state index contributed by atoms with van der Waals surface area (Å²) >= 11 is 6.09. The largest absolute Gasteiger partial charge is 0.457 e. The molecule has 3 aromatic carbocycles. The molecule has 0 aliphatic heterocycles. The molecule has 0 unspecified atom stereocenters. The number of nitrogens with zero attached hydrogens (tertiary/aromatic N) is 4. The number of nitro benzene ring substituents is 1. The summed E-state index contributed by atoms with van der Waals surface area (Å²) in [6.07, 6.45) is 3.56. The molecule has 2 heterocycles. The highest BCUT2D eigenvalue weighted by atomic mass is 35.5. The molecule has 38 heavy (non-hydrogen) atoms. The lowest BCUT2D eigenvalue weighted by Crippen LogP contribution is -2.13. The van der Waals surface area contributed by atoms with Crippen LogP contribution in [0.2, 0.25) is 5.02 Å². The van der Waals surface area contributed by atoms with Gasteiger partial charge in [-0.15, -0.1) is 0 Å². The van der Waals surface area contributed by atoms with E-state index < -0.39 is 10.8 Å². The molecule has 1 N–H and O–H groups in total. The van der Waals surface area contributed by atoms with E-state index in [0.29, 0.717) is 39.5 Å². The Balaban J connectivity index is 1.51. The SMILES string of the molecule is CCn1cc(-c2cc(C(=O)Nc3cc(Oc4ccc(Cl)c(C)c4)cc([N+](=O)[O-])c3)c3ccccc3n2)cn1. The number of carbonyl (C=O) groups excluding carboxylic acids is 1. The van der Waals surface area contributed by atoms with Gasteiger partial charge in [0.15, 0.2) is 0 Å². The zero-order valence-corrected chi connectivity index (χ0v) is 21.3. The first kappa shape index (κ1) is 24.9. The summed E-state index contributed by atoms with van der Waals surface area (Å²) in [4.78, 5) is 29.3. The van der Waals surface area contributed by atoms with Gasteiger partial charge < -0.3 is 10.1 Å². The highest BCUT2D eigenvalue weighted by molar-refractivity contribution is 6.31. The lowest BCUT2D eigenvalue weighted by molar-refractivity contribution is -0.384. The second kappa shape index (κ2) is 10.3. The molecule has 0 spiro atoms. The van der Waals surface area contributed by atoms with Crippen LogP contribution in [0.4, 0.5) is 11.4 Å². The number of anilines is 1. The standard InChI is InChI=1S/C28H22ClN5O4/c1-3-33-16-18(15-30-33)27-14-24(23-6-4-5-7-26(23)32-27)28(35)31-19-11-20(34(36)37)13-22(12-19)38-21-8-9-25(29)17(2)10-21/h4-16H,3H2,1-2H3,(H,31,35). The number of pyridine rings is 1. The van der Waals surface area contributed by atoms with Crippen LogP contribution in [-0.2, 0) is 6.54 Å². The Labute approximate surface area is 222 Å². The first-order valence-corrected chi connectivity index (χ1v) is 12.2. The van der Waals surface area contributed by atoms with Crippen LogP contribution in [0, 0.1) is 17.0 Å². The second-order valence-corrected chi connectivity index (χ2v) is 9.00. The third kappa shape index (κ3) is 5.18. The number of aryl methyl sites for hydroxylation is 2. The Bertz CT molecular complexity index is 1700. The number of para-hydroxylation sites is 1. The van der Waals surface area contributed by atoms with Crippen molar-refractivity contribution in [1.29, 1.82) is 0 Å². The van der Waals surface area contributed by atoms with Gasteiger partial charge in [-0.05, 0) is 49.7 Å². The molecule has 1 amide bonds. The number of rotatable bonds is 7. The average Bonchev–Trinajstić information content (AvgIpc) is 3.39. The fourth-order valence-corrected chi connectivity index (χ4v) is 4.13. The fourth-order valence-electron chi connectivity index (χ4n) is 4.01. The van der Waals surface area contributed by atoms with E-state index in [1.807, 2.05) is 38.2 Å². The molecule has 0 radical (unpaired) electrons. The number of aromatic nitrogens is 3. The van der Waals surface area contributed by atoms with Crippen molar-refractivity contribution in [3.8, 4) is 22.8 Å². The minimum absolute atomic E-state index is 0.198. The van der Waals surface area contributed by atoms with Crippen molar-refractivity contribution in [3.63, 3.8) is 0 Å². The Kier molecular flexibility index (Phi) is 6.76. The first-order valence-electron chi connectivity index (χ1n) is 11.8. The predicted octanol–water partition coefficient (Wildman–Crippen LogP) is 7.03. The van der Waals surface area contributed by atoms with Gasteiger partial charge in [-0.2, -0.15) is 5.10 Å². The highest BCUT2D eigenvalue weighted by Gasteiger charge is 2.18. The first-order chi connectivity index (χ1) is 18.3. The van der Waals surface area contributed by atoms with E-state index in [1.165, 1.54) is 18.2 Å². The summed E-state index contributed by atoms with van der Waals surface area (Å²) in [7, 11) is 0. The molecule has 5 rings (SSSR count). The molecule has 0 atom stereocenters. The van der Waals surface area contributed by atoms with Crippen molar-refractivity contribution in [2.24, 2.45) is 0 Å². The van der Waals surface area contributed by atoms with Crippen LogP contribution in [0.15, 0.2) is 79.1 Å². The Hall–Kier alpha value is -4.76. The number of halogens is 1. The van der Waals surface area contributed by atoms with Crippen molar-refractivity contribution in [2.45, 2.75) is 20.4 Å². The van der Waals surface area contributed by atoms with Gasteiger partial charge in [0.1, 0.15) is 11.5 Å². The third-order valence-corrected chi connectivity index (χ3v) is 6.36. The summed E-state index contributed by atoms with van der Waals surface area (Å²) in [5, 5.41) is 19.9. The van der Waals surface area contributed by atoms with E-state index in [4.69, 9.17) is 21.3 Å². The average molecular weight is 528 g/mol. The van der Waals surface area contributed by atoms with Crippen LogP contribution < -0.4 is 10.1 Å². The molecule has 0 bridgehead atoms. The minimum atomic E-state index is -0.541. The number of hydrogen-bond acceptors (Lipinski definition) is 6. The van der Waals surface area contributed by atoms with Crippen molar-refractivity contribution >= 4 is 39.8 Å². The van der Waals surface area contributed by atoms with E-state index in [1.54, 1.807) is 41.2 Å². The number of hydrogen-bond donors (Lipinski definition) is 1. The number of fused-ring (bicyclic) bond motifs is 1. The monoisotopic (exact) mass is 527 g/mol. The molecule has 2 aromatic heterocycles. The number of carbonyl (C=O) groups is 1. The molecular formula is C28H22ClN5O4. The summed E-state index contributed by atoms with van der Waals surface area (Å²) in [6.45, 7) is 4.51. The Morgan fingerprint density at radius 2 is 1.92 bits per heavy atom. The lowest BCUT2D eigenvalue weighted by atomic mass is 10.0. The molecule has 0 aliphatic rings. The zero-order valence-electron chi connectivity index (χ0n) is 20.5. The van der Waals surface area contributed by atoms with E-state index in [0.717, 1.165) is 11.1 Å². The Morgan fingerprint density at radius 1 is 1.11 bits per heavy atom. The number of nitro groups is 1. The maximum Gasteiger partial charge on any atom is 0.275 e. The molecule has 9 nitrogen and oxygen atoms in total. The van der Waals surface area contributed by atoms with Gasteiger partial charge in [-0.25, -0.2) is 4.98 Å². The lowest BCUT2D eigenvalue weighted by Gasteiger charge is -2.12. The number of amides is 1. The second-order valence-electron chi connectivity index (χ2n) is 8.60. The molecule has 0 saturated heterocycles. The van der Waals surface area contributed by atoms with Crippen molar-refractivity contribution in [3.05, 3.63) is 105 Å². The maximum absolute atomic E-state index is 13.5. The third-order valence-electron chi connectivity index (χ3n) is 5.94. The maximum atomic E-state index is 13.5. The van der Waals surface area contributed by atoms with Gasteiger partial charge in [-0.1, -0.05) is 29.8 Å². The van der Waals surface area contributed by atoms with Crippen molar-refractivity contribution in [2.75, 3.05) is 5.32 Å². The smallest absolute Gasteiger partial charge is 0.275 e. The topological polar surface area (TPSA) is 112 Å². The van der Waals surface area contributed by atoms with Crippen LogP contribution in [-0.4, -0.2) is 25.6 Å². The summed E-state index contributed by atoms with van der Waals surface area (Å²) in [6, 6.07) is 18.2. The molecule has 0 fully saturated rings. The van der Waals surface area contributed by atoms with Crippen LogP contribution in [0.1, 0.15) is 22.8 Å². The normalized spacial score (nSPS) is 10.9. The molecular weight excluding hydrogens is 506 g/mol. The zero-order chi connectivity index (χ0) is 26.8. The molecule has 10 heteroatoms. The predicted molar refractivity (Wildman–Crippen MR) is 146 cm³/mol. The van der Waals surface area contributed by atoms with E-state index >= 15 is 0 Å². The van der Waals surface area contributed by atoms with E-state index in [-0.39, 0.29) is 17.1 Å². The van der Waals surface area contributed by atoms with Crippen LogP contribution in [0.5, 0.6) is 11.5 Å². The number of ether oxygens (including phenoxy) is 1. The number of benzene rings is 3. The van der Waals surface area contributed by atoms with Crippen molar-refractivity contribution < 1.29 is 14.5 Å². The van der Waals surface area contributed by atoms with E-state index in [9.17, 15) is 14.9 Å². The fraction of sp³-hybridized carbons (Fsp3) is 0.107. The van der Waals surface area contributed by atoms with Gasteiger partial charge in [0.05, 0.1) is 39.6 Å². The van der Waals surface area contributed by atoms with Gasteiger partial charge in [0.2, 0.25) is 0 Å². The molecule has 5 aromatic rings. The van der Waals surface area contributed by atoms with Gasteiger partial charge in [0.25, 0.3) is 11.6 Å². The summed E-state index contributed by atoms with van der Waals surface area (Å²) < 4.78 is 7.64. The van der Waals surface area contributed by atoms with Gasteiger partial charge in [0, 0.05) is 40.8 Å². The molecule has 190 valence electrons. The van der Waals surface area contributed by atoms with E-state index in [2.05, 4.69) is 10.4 Å². The summed E-state index contributed by atoms with van der Waals surface area (Å²) in [5.41, 5.74) is 3.17. The number of nitrogens with one attached hydrogen (secondary N) is 1. The Morgan fingerprint density at radius 3 is 2.66 bits per heavy atom. The van der Waals surface area contributed by atoms with Crippen LogP contribution in [0.3, 0.4) is 0 Å². The molecule has 0 saturated carbocycles. The summed E-state index contributed by atoms with van der Waals surface area (Å²) in [5.74, 6) is 0.215.